The molecule has 0 bridgehead atoms. The molecule has 1 heteroatoms. The van der Waals surface area contributed by atoms with E-state index in [2.05, 4.69) is 6.08 Å². The predicted molar refractivity (Wildman–Crippen MR) is 47.4 cm³/mol. The van der Waals surface area contributed by atoms with Gasteiger partial charge in [-0.3, -0.25) is 0 Å². The van der Waals surface area contributed by atoms with Crippen molar-refractivity contribution in [3.05, 3.63) is 12.2 Å². The first-order valence-corrected chi connectivity index (χ1v) is 4.52. The minimum absolute atomic E-state index is 0.390. The van der Waals surface area contributed by atoms with Crippen molar-refractivity contribution in [2.24, 2.45) is 5.92 Å². The van der Waals surface area contributed by atoms with Crippen LogP contribution in [0.15, 0.2) is 12.2 Å². The fraction of sp³-hybridized carbons (Fsp3) is 0.800. The van der Waals surface area contributed by atoms with Crippen LogP contribution in [0.25, 0.3) is 0 Å². The van der Waals surface area contributed by atoms with Gasteiger partial charge in [0.05, 0.1) is 5.60 Å². The smallest absolute Gasteiger partial charge is 0.0682 e. The van der Waals surface area contributed by atoms with E-state index in [1.165, 1.54) is 12.8 Å². The van der Waals surface area contributed by atoms with E-state index in [-0.39, 0.29) is 0 Å². The number of allylic oxidation sites excluding steroid dienone is 1. The van der Waals surface area contributed by atoms with E-state index < -0.39 is 5.60 Å². The summed E-state index contributed by atoms with van der Waals surface area (Å²) in [5.41, 5.74) is -0.440. The van der Waals surface area contributed by atoms with Crippen LogP contribution >= 0.6 is 0 Å². The van der Waals surface area contributed by atoms with Gasteiger partial charge in [0.2, 0.25) is 0 Å². The molecule has 0 aromatic rings. The first-order chi connectivity index (χ1) is 5.17. The van der Waals surface area contributed by atoms with Crippen LogP contribution < -0.4 is 0 Å². The standard InChI is InChI=1S/C10H18O/c1-3-6-9-7-4-5-8-10(9,2)11/h3,6,9,11H,4-5,7-8H2,1-2H3/b6-3+/t9-,10-/m1/s1. The molecule has 1 aliphatic rings. The molecule has 0 amide bonds. The third kappa shape index (κ3) is 2.06. The first-order valence-electron chi connectivity index (χ1n) is 4.52. The van der Waals surface area contributed by atoms with Crippen LogP contribution in [0.1, 0.15) is 39.5 Å². The average molecular weight is 154 g/mol. The molecule has 1 saturated carbocycles. The molecule has 0 aromatic heterocycles. The molecule has 0 aliphatic heterocycles. The van der Waals surface area contributed by atoms with Gasteiger partial charge >= 0.3 is 0 Å². The Kier molecular flexibility index (Phi) is 2.72. The lowest BCUT2D eigenvalue weighted by molar-refractivity contribution is -0.0122. The summed E-state index contributed by atoms with van der Waals surface area (Å²) in [5.74, 6) is 0.390. The SMILES string of the molecule is C/C=C/[C@@H]1CCCC[C@@]1(C)O. The molecule has 0 aromatic carbocycles. The molecule has 0 heterocycles. The van der Waals surface area contributed by atoms with Crippen molar-refractivity contribution in [3.63, 3.8) is 0 Å². The van der Waals surface area contributed by atoms with Gasteiger partial charge in [0.15, 0.2) is 0 Å². The van der Waals surface area contributed by atoms with Gasteiger partial charge in [0.25, 0.3) is 0 Å². The van der Waals surface area contributed by atoms with Gasteiger partial charge in [0, 0.05) is 5.92 Å². The Morgan fingerprint density at radius 1 is 1.45 bits per heavy atom. The van der Waals surface area contributed by atoms with Crippen molar-refractivity contribution in [2.75, 3.05) is 0 Å². The first kappa shape index (κ1) is 8.79. The fourth-order valence-corrected chi connectivity index (χ4v) is 1.88. The second-order valence-electron chi connectivity index (χ2n) is 3.74. The highest BCUT2D eigenvalue weighted by Crippen LogP contribution is 2.34. The van der Waals surface area contributed by atoms with Crippen LogP contribution in [0.5, 0.6) is 0 Å². The van der Waals surface area contributed by atoms with Crippen LogP contribution in [0, 0.1) is 5.92 Å². The van der Waals surface area contributed by atoms with Gasteiger partial charge in [-0.05, 0) is 26.7 Å². The van der Waals surface area contributed by atoms with Crippen molar-refractivity contribution in [2.45, 2.75) is 45.1 Å². The van der Waals surface area contributed by atoms with E-state index in [1.807, 2.05) is 19.9 Å². The van der Waals surface area contributed by atoms with Gasteiger partial charge < -0.3 is 5.11 Å². The molecule has 64 valence electrons. The molecule has 0 saturated heterocycles. The lowest BCUT2D eigenvalue weighted by atomic mass is 9.76. The molecule has 1 rings (SSSR count). The number of aliphatic hydroxyl groups is 1. The summed E-state index contributed by atoms with van der Waals surface area (Å²) in [6.45, 7) is 3.97. The average Bonchev–Trinajstić information content (AvgIpc) is 1.94. The molecule has 1 N–H and O–H groups in total. The second kappa shape index (κ2) is 3.40. The Morgan fingerprint density at radius 2 is 2.18 bits per heavy atom. The van der Waals surface area contributed by atoms with Gasteiger partial charge in [-0.2, -0.15) is 0 Å². The van der Waals surface area contributed by atoms with E-state index in [4.69, 9.17) is 0 Å². The van der Waals surface area contributed by atoms with Gasteiger partial charge in [-0.25, -0.2) is 0 Å². The van der Waals surface area contributed by atoms with E-state index in [9.17, 15) is 5.11 Å². The zero-order valence-corrected chi connectivity index (χ0v) is 7.51. The van der Waals surface area contributed by atoms with Crippen LogP contribution in [-0.2, 0) is 0 Å². The van der Waals surface area contributed by atoms with Gasteiger partial charge in [-0.15, -0.1) is 0 Å². The van der Waals surface area contributed by atoms with Crippen LogP contribution in [0.2, 0.25) is 0 Å². The Bertz CT molecular complexity index is 147. The van der Waals surface area contributed by atoms with E-state index >= 15 is 0 Å². The largest absolute Gasteiger partial charge is 0.390 e. The Labute approximate surface area is 69.1 Å². The van der Waals surface area contributed by atoms with Crippen molar-refractivity contribution < 1.29 is 5.11 Å². The Hall–Kier alpha value is -0.300. The summed E-state index contributed by atoms with van der Waals surface area (Å²) in [4.78, 5) is 0. The monoisotopic (exact) mass is 154 g/mol. The number of hydrogen-bond acceptors (Lipinski definition) is 1. The van der Waals surface area contributed by atoms with Crippen LogP contribution in [-0.4, -0.2) is 10.7 Å². The summed E-state index contributed by atoms with van der Waals surface area (Å²) in [7, 11) is 0. The number of rotatable bonds is 1. The zero-order chi connectivity index (χ0) is 8.32. The summed E-state index contributed by atoms with van der Waals surface area (Å²) >= 11 is 0. The lowest BCUT2D eigenvalue weighted by Gasteiger charge is -2.35. The molecule has 0 spiro atoms. The molecule has 1 aliphatic carbocycles. The van der Waals surface area contributed by atoms with Crippen molar-refractivity contribution in [1.29, 1.82) is 0 Å². The topological polar surface area (TPSA) is 20.2 Å². The summed E-state index contributed by atoms with van der Waals surface area (Å²) in [6.07, 6.45) is 8.75. The molecule has 1 nitrogen and oxygen atoms in total. The Morgan fingerprint density at radius 3 is 2.73 bits per heavy atom. The molecular formula is C10H18O. The zero-order valence-electron chi connectivity index (χ0n) is 7.51. The predicted octanol–water partition coefficient (Wildman–Crippen LogP) is 2.50. The molecule has 0 unspecified atom stereocenters. The third-order valence-electron chi connectivity index (χ3n) is 2.67. The van der Waals surface area contributed by atoms with Crippen molar-refractivity contribution in [3.8, 4) is 0 Å². The maximum Gasteiger partial charge on any atom is 0.0682 e. The highest BCUT2D eigenvalue weighted by molar-refractivity contribution is 4.98. The van der Waals surface area contributed by atoms with E-state index in [0.717, 1.165) is 12.8 Å². The number of hydrogen-bond donors (Lipinski definition) is 1. The van der Waals surface area contributed by atoms with Gasteiger partial charge in [-0.1, -0.05) is 25.0 Å². The van der Waals surface area contributed by atoms with Crippen molar-refractivity contribution >= 4 is 0 Å². The maximum atomic E-state index is 9.91. The quantitative estimate of drug-likeness (QED) is 0.575. The molecule has 1 fully saturated rings. The third-order valence-corrected chi connectivity index (χ3v) is 2.67. The van der Waals surface area contributed by atoms with Crippen LogP contribution in [0.4, 0.5) is 0 Å². The summed E-state index contributed by atoms with van der Waals surface area (Å²) < 4.78 is 0. The van der Waals surface area contributed by atoms with E-state index in [1.54, 1.807) is 0 Å². The van der Waals surface area contributed by atoms with E-state index in [0.29, 0.717) is 5.92 Å². The minimum atomic E-state index is -0.440. The second-order valence-corrected chi connectivity index (χ2v) is 3.74. The van der Waals surface area contributed by atoms with Crippen LogP contribution in [0.3, 0.4) is 0 Å². The molecule has 0 radical (unpaired) electrons. The Balaban J connectivity index is 2.59. The lowest BCUT2D eigenvalue weighted by Crippen LogP contribution is -2.36. The molecule has 11 heavy (non-hydrogen) atoms. The van der Waals surface area contributed by atoms with Gasteiger partial charge in [0.1, 0.15) is 0 Å². The maximum absolute atomic E-state index is 9.91. The minimum Gasteiger partial charge on any atom is -0.390 e. The summed E-state index contributed by atoms with van der Waals surface area (Å²) in [5, 5.41) is 9.91. The molecule has 2 atom stereocenters. The highest BCUT2D eigenvalue weighted by Gasteiger charge is 2.31. The highest BCUT2D eigenvalue weighted by atomic mass is 16.3. The molecular weight excluding hydrogens is 136 g/mol. The summed E-state index contributed by atoms with van der Waals surface area (Å²) in [6, 6.07) is 0. The fourth-order valence-electron chi connectivity index (χ4n) is 1.88. The normalized spacial score (nSPS) is 39.7. The van der Waals surface area contributed by atoms with Crippen molar-refractivity contribution in [1.82, 2.24) is 0 Å².